The van der Waals surface area contributed by atoms with Crippen LogP contribution in [0.25, 0.3) is 0 Å². The molecule has 2 aromatic rings. The van der Waals surface area contributed by atoms with Gasteiger partial charge in [0.15, 0.2) is 11.6 Å². The van der Waals surface area contributed by atoms with Crippen molar-refractivity contribution < 1.29 is 23.1 Å². The van der Waals surface area contributed by atoms with E-state index < -0.39 is 23.6 Å². The van der Waals surface area contributed by atoms with Crippen molar-refractivity contribution in [2.45, 2.75) is 12.5 Å². The van der Waals surface area contributed by atoms with Gasteiger partial charge in [0.2, 0.25) is 5.91 Å². The van der Waals surface area contributed by atoms with Crippen molar-refractivity contribution in [3.63, 3.8) is 0 Å². The van der Waals surface area contributed by atoms with Gasteiger partial charge in [0.1, 0.15) is 5.75 Å². The summed E-state index contributed by atoms with van der Waals surface area (Å²) in [6.45, 7) is 0.293. The van der Waals surface area contributed by atoms with Crippen LogP contribution in [0.4, 0.5) is 14.5 Å². The molecular weight excluding hydrogens is 330 g/mol. The van der Waals surface area contributed by atoms with E-state index in [1.807, 2.05) is 0 Å². The molecule has 2 aromatic carbocycles. The lowest BCUT2D eigenvalue weighted by Gasteiger charge is -2.18. The van der Waals surface area contributed by atoms with Gasteiger partial charge in [0.05, 0.1) is 13.2 Å². The first-order chi connectivity index (χ1) is 12.0. The number of rotatable bonds is 4. The Morgan fingerprint density at radius 1 is 1.20 bits per heavy atom. The molecule has 0 aliphatic carbocycles. The minimum absolute atomic E-state index is 0.00572. The van der Waals surface area contributed by atoms with E-state index >= 15 is 0 Å². The van der Waals surface area contributed by atoms with Gasteiger partial charge in [-0.1, -0.05) is 6.07 Å². The van der Waals surface area contributed by atoms with Crippen molar-refractivity contribution in [1.29, 1.82) is 0 Å². The van der Waals surface area contributed by atoms with Crippen LogP contribution in [0, 0.1) is 11.6 Å². The Labute approximate surface area is 143 Å². The number of carbonyl (C=O) groups excluding carboxylic acids is 2. The van der Waals surface area contributed by atoms with Gasteiger partial charge in [0.25, 0.3) is 5.91 Å². The molecule has 1 fully saturated rings. The standard InChI is InChI=1S/C18H16F2N2O3/c1-25-14-4-2-3-13(9-14)22-10-12(8-17(22)23)21-18(24)11-5-6-15(19)16(20)7-11/h2-7,9,12H,8,10H2,1H3,(H,21,24)/t12-/m0/s1. The number of anilines is 1. The number of hydrogen-bond acceptors (Lipinski definition) is 3. The van der Waals surface area contributed by atoms with Crippen LogP contribution in [-0.2, 0) is 4.79 Å². The Bertz CT molecular complexity index is 826. The Kier molecular flexibility index (Phi) is 4.65. The van der Waals surface area contributed by atoms with Crippen LogP contribution in [0.3, 0.4) is 0 Å². The zero-order valence-electron chi connectivity index (χ0n) is 13.5. The Morgan fingerprint density at radius 2 is 2.00 bits per heavy atom. The maximum absolute atomic E-state index is 13.2. The fourth-order valence-corrected chi connectivity index (χ4v) is 2.74. The summed E-state index contributed by atoms with van der Waals surface area (Å²) >= 11 is 0. The number of hydrogen-bond donors (Lipinski definition) is 1. The summed E-state index contributed by atoms with van der Waals surface area (Å²) in [5.74, 6) is -2.17. The van der Waals surface area contributed by atoms with Crippen molar-refractivity contribution in [2.24, 2.45) is 0 Å². The molecule has 0 bridgehead atoms. The normalized spacial score (nSPS) is 16.8. The van der Waals surface area contributed by atoms with Gasteiger partial charge in [-0.3, -0.25) is 9.59 Å². The molecular formula is C18H16F2N2O3. The topological polar surface area (TPSA) is 58.6 Å². The zero-order chi connectivity index (χ0) is 18.0. The summed E-state index contributed by atoms with van der Waals surface area (Å²) in [7, 11) is 1.54. The number of benzene rings is 2. The number of nitrogens with zero attached hydrogens (tertiary/aromatic N) is 1. The second-order valence-electron chi connectivity index (χ2n) is 5.71. The maximum Gasteiger partial charge on any atom is 0.251 e. The van der Waals surface area contributed by atoms with Gasteiger partial charge < -0.3 is 15.0 Å². The highest BCUT2D eigenvalue weighted by molar-refractivity contribution is 5.99. The molecule has 1 heterocycles. The zero-order valence-corrected chi connectivity index (χ0v) is 13.5. The molecule has 7 heteroatoms. The summed E-state index contributed by atoms with van der Waals surface area (Å²) in [6, 6.07) is 9.57. The lowest BCUT2D eigenvalue weighted by Crippen LogP contribution is -2.37. The number of amides is 2. The molecule has 25 heavy (non-hydrogen) atoms. The van der Waals surface area contributed by atoms with Gasteiger partial charge in [-0.05, 0) is 30.3 Å². The van der Waals surface area contributed by atoms with Gasteiger partial charge in [-0.2, -0.15) is 0 Å². The second-order valence-corrected chi connectivity index (χ2v) is 5.71. The van der Waals surface area contributed by atoms with Crippen LogP contribution in [0.1, 0.15) is 16.8 Å². The molecule has 0 spiro atoms. The molecule has 0 aromatic heterocycles. The minimum atomic E-state index is -1.09. The predicted octanol–water partition coefficient (Wildman–Crippen LogP) is 2.51. The fourth-order valence-electron chi connectivity index (χ4n) is 2.74. The molecule has 5 nitrogen and oxygen atoms in total. The smallest absolute Gasteiger partial charge is 0.251 e. The van der Waals surface area contributed by atoms with Crippen molar-refractivity contribution >= 4 is 17.5 Å². The fraction of sp³-hybridized carbons (Fsp3) is 0.222. The van der Waals surface area contributed by atoms with E-state index in [2.05, 4.69) is 5.32 Å². The van der Waals surface area contributed by atoms with Gasteiger partial charge in [-0.25, -0.2) is 8.78 Å². The molecule has 1 saturated heterocycles. The Morgan fingerprint density at radius 3 is 2.72 bits per heavy atom. The number of halogens is 2. The van der Waals surface area contributed by atoms with Crippen molar-refractivity contribution in [2.75, 3.05) is 18.6 Å². The van der Waals surface area contributed by atoms with Crippen LogP contribution in [0.5, 0.6) is 5.75 Å². The van der Waals surface area contributed by atoms with E-state index in [0.717, 1.165) is 12.1 Å². The van der Waals surface area contributed by atoms with Crippen molar-refractivity contribution in [1.82, 2.24) is 5.32 Å². The Hall–Kier alpha value is -2.96. The van der Waals surface area contributed by atoms with E-state index in [9.17, 15) is 18.4 Å². The first-order valence-electron chi connectivity index (χ1n) is 7.68. The van der Waals surface area contributed by atoms with E-state index in [1.165, 1.54) is 13.2 Å². The van der Waals surface area contributed by atoms with Crippen LogP contribution in [0.2, 0.25) is 0 Å². The molecule has 3 rings (SSSR count). The summed E-state index contributed by atoms with van der Waals surface area (Å²) in [6.07, 6.45) is 0.132. The highest BCUT2D eigenvalue weighted by Gasteiger charge is 2.32. The highest BCUT2D eigenvalue weighted by atomic mass is 19.2. The van der Waals surface area contributed by atoms with Gasteiger partial charge in [0, 0.05) is 30.3 Å². The minimum Gasteiger partial charge on any atom is -0.497 e. The highest BCUT2D eigenvalue weighted by Crippen LogP contribution is 2.25. The lowest BCUT2D eigenvalue weighted by molar-refractivity contribution is -0.117. The predicted molar refractivity (Wildman–Crippen MR) is 87.6 cm³/mol. The van der Waals surface area contributed by atoms with E-state index in [4.69, 9.17) is 4.74 Å². The average molecular weight is 346 g/mol. The van der Waals surface area contributed by atoms with Crippen LogP contribution in [-0.4, -0.2) is 31.5 Å². The third-order valence-electron chi connectivity index (χ3n) is 4.01. The van der Waals surface area contributed by atoms with Crippen molar-refractivity contribution in [3.8, 4) is 5.75 Å². The number of nitrogens with one attached hydrogen (secondary N) is 1. The molecule has 1 aliphatic heterocycles. The van der Waals surface area contributed by atoms with Crippen LogP contribution in [0.15, 0.2) is 42.5 Å². The maximum atomic E-state index is 13.2. The van der Waals surface area contributed by atoms with E-state index in [0.29, 0.717) is 18.0 Å². The SMILES string of the molecule is COc1cccc(N2C[C@@H](NC(=O)c3ccc(F)c(F)c3)CC2=O)c1. The average Bonchev–Trinajstić information content (AvgIpc) is 2.97. The molecule has 0 saturated carbocycles. The van der Waals surface area contributed by atoms with Crippen LogP contribution >= 0.6 is 0 Å². The summed E-state index contributed by atoms with van der Waals surface area (Å²) < 4.78 is 31.3. The number of ether oxygens (including phenoxy) is 1. The third kappa shape index (κ3) is 3.60. The lowest BCUT2D eigenvalue weighted by atomic mass is 10.1. The molecule has 1 aliphatic rings. The second kappa shape index (κ2) is 6.88. The quantitative estimate of drug-likeness (QED) is 0.925. The number of carbonyl (C=O) groups is 2. The molecule has 0 unspecified atom stereocenters. The van der Waals surface area contributed by atoms with E-state index in [-0.39, 0.29) is 17.9 Å². The Balaban J connectivity index is 1.69. The monoisotopic (exact) mass is 346 g/mol. The van der Waals surface area contributed by atoms with Gasteiger partial charge >= 0.3 is 0 Å². The molecule has 1 atom stereocenters. The summed E-state index contributed by atoms with van der Waals surface area (Å²) in [5.41, 5.74) is 0.681. The van der Waals surface area contributed by atoms with E-state index in [1.54, 1.807) is 29.2 Å². The molecule has 130 valence electrons. The third-order valence-corrected chi connectivity index (χ3v) is 4.01. The first-order valence-corrected chi connectivity index (χ1v) is 7.68. The molecule has 2 amide bonds. The number of methoxy groups -OCH3 is 1. The van der Waals surface area contributed by atoms with Crippen molar-refractivity contribution in [3.05, 3.63) is 59.7 Å². The molecule has 0 radical (unpaired) electrons. The molecule has 1 N–H and O–H groups in total. The largest absolute Gasteiger partial charge is 0.497 e. The first kappa shape index (κ1) is 16.9. The summed E-state index contributed by atoms with van der Waals surface area (Å²) in [4.78, 5) is 25.9. The van der Waals surface area contributed by atoms with Crippen LogP contribution < -0.4 is 15.0 Å². The summed E-state index contributed by atoms with van der Waals surface area (Å²) in [5, 5.41) is 2.68. The van der Waals surface area contributed by atoms with Gasteiger partial charge in [-0.15, -0.1) is 0 Å².